The van der Waals surface area contributed by atoms with Gasteiger partial charge >= 0.3 is 0 Å². The van der Waals surface area contributed by atoms with Crippen LogP contribution in [-0.2, 0) is 0 Å². The Kier molecular flexibility index (Phi) is 4.60. The lowest BCUT2D eigenvalue weighted by Gasteiger charge is -1.97. The molecule has 20 heavy (non-hydrogen) atoms. The summed E-state index contributed by atoms with van der Waals surface area (Å²) in [7, 11) is 0. The third-order valence-electron chi connectivity index (χ3n) is 2.67. The van der Waals surface area contributed by atoms with E-state index in [4.69, 9.17) is 0 Å². The van der Waals surface area contributed by atoms with E-state index in [-0.39, 0.29) is 5.82 Å². The lowest BCUT2D eigenvalue weighted by Crippen LogP contribution is -1.82. The van der Waals surface area contributed by atoms with Gasteiger partial charge in [-0.05, 0) is 36.4 Å². The van der Waals surface area contributed by atoms with E-state index in [1.165, 1.54) is 12.1 Å². The first-order valence-electron chi connectivity index (χ1n) is 6.54. The third-order valence-corrected chi connectivity index (χ3v) is 2.67. The molecule has 0 fully saturated rings. The van der Waals surface area contributed by atoms with Gasteiger partial charge in [-0.15, -0.1) is 0 Å². The minimum absolute atomic E-state index is 0.252. The minimum atomic E-state index is -0.252. The van der Waals surface area contributed by atoms with Crippen LogP contribution in [0.4, 0.5) is 4.39 Å². The quantitative estimate of drug-likeness (QED) is 0.753. The number of aromatic amines is 1. The molecule has 3 aromatic rings. The molecule has 0 amide bonds. The lowest BCUT2D eigenvalue weighted by molar-refractivity contribution is 0.628. The molecule has 0 atom stereocenters. The van der Waals surface area contributed by atoms with E-state index >= 15 is 0 Å². The molecule has 0 spiro atoms. The maximum atomic E-state index is 12.8. The second-order valence-electron chi connectivity index (χ2n) is 3.89. The highest BCUT2D eigenvalue weighted by molar-refractivity contribution is 5.63. The largest absolute Gasteiger partial charge is 0.338 e. The van der Waals surface area contributed by atoms with E-state index in [1.54, 1.807) is 30.7 Å². The second-order valence-corrected chi connectivity index (χ2v) is 3.89. The van der Waals surface area contributed by atoms with E-state index in [9.17, 15) is 4.39 Å². The van der Waals surface area contributed by atoms with Crippen molar-refractivity contribution in [3.05, 3.63) is 60.8 Å². The summed E-state index contributed by atoms with van der Waals surface area (Å²) in [4.78, 5) is 11.5. The molecule has 0 aliphatic carbocycles. The summed E-state index contributed by atoms with van der Waals surface area (Å²) in [5, 5.41) is 0. The van der Waals surface area contributed by atoms with E-state index in [1.807, 2.05) is 26.0 Å². The van der Waals surface area contributed by atoms with Crippen molar-refractivity contribution >= 4 is 0 Å². The number of benzene rings is 1. The Morgan fingerprint density at radius 2 is 1.70 bits per heavy atom. The van der Waals surface area contributed by atoms with Crippen molar-refractivity contribution in [1.82, 2.24) is 15.0 Å². The van der Waals surface area contributed by atoms with E-state index in [0.717, 1.165) is 16.8 Å². The van der Waals surface area contributed by atoms with E-state index in [2.05, 4.69) is 15.0 Å². The summed E-state index contributed by atoms with van der Waals surface area (Å²) in [5.74, 6) is 0.464. The van der Waals surface area contributed by atoms with E-state index < -0.39 is 0 Å². The van der Waals surface area contributed by atoms with Crippen molar-refractivity contribution in [2.45, 2.75) is 13.8 Å². The van der Waals surface area contributed by atoms with Crippen LogP contribution in [0, 0.1) is 5.82 Å². The Morgan fingerprint density at radius 3 is 2.35 bits per heavy atom. The van der Waals surface area contributed by atoms with Gasteiger partial charge in [0.15, 0.2) is 0 Å². The van der Waals surface area contributed by atoms with Gasteiger partial charge in [-0.25, -0.2) is 9.37 Å². The molecule has 0 aliphatic rings. The third kappa shape index (κ3) is 3.09. The number of nitrogens with one attached hydrogen (secondary N) is 1. The van der Waals surface area contributed by atoms with Crippen molar-refractivity contribution < 1.29 is 4.39 Å². The Labute approximate surface area is 117 Å². The molecule has 2 heterocycles. The molecular formula is C16H16FN3. The van der Waals surface area contributed by atoms with Crippen LogP contribution in [0.5, 0.6) is 0 Å². The predicted octanol–water partition coefficient (Wildman–Crippen LogP) is 4.30. The van der Waals surface area contributed by atoms with Crippen LogP contribution in [-0.4, -0.2) is 15.0 Å². The first kappa shape index (κ1) is 13.9. The Balaban J connectivity index is 0.000000704. The number of hydrogen-bond donors (Lipinski definition) is 1. The molecule has 0 unspecified atom stereocenters. The van der Waals surface area contributed by atoms with Gasteiger partial charge in [0.25, 0.3) is 0 Å². The number of halogens is 1. The zero-order valence-electron chi connectivity index (χ0n) is 11.5. The summed E-state index contributed by atoms with van der Waals surface area (Å²) in [5.41, 5.74) is 2.72. The average Bonchev–Trinajstić information content (AvgIpc) is 3.01. The van der Waals surface area contributed by atoms with Crippen molar-refractivity contribution in [2.24, 2.45) is 0 Å². The molecule has 4 heteroatoms. The molecule has 3 rings (SSSR count). The second kappa shape index (κ2) is 6.61. The maximum absolute atomic E-state index is 12.8. The van der Waals surface area contributed by atoms with Gasteiger partial charge in [0, 0.05) is 23.5 Å². The van der Waals surface area contributed by atoms with Gasteiger partial charge in [-0.3, -0.25) is 4.98 Å². The normalized spacial score (nSPS) is 9.75. The monoisotopic (exact) mass is 269 g/mol. The summed E-state index contributed by atoms with van der Waals surface area (Å²) in [6, 6.07) is 10.0. The Bertz CT molecular complexity index is 645. The smallest absolute Gasteiger partial charge is 0.137 e. The SMILES string of the molecule is CC.Fc1ccc(-c2ncc(-c3cccnc3)[nH]2)cc1. The lowest BCUT2D eigenvalue weighted by atomic mass is 10.2. The van der Waals surface area contributed by atoms with Gasteiger partial charge < -0.3 is 4.98 Å². The van der Waals surface area contributed by atoms with Gasteiger partial charge in [0.05, 0.1) is 11.9 Å². The van der Waals surface area contributed by atoms with E-state index in [0.29, 0.717) is 5.82 Å². The minimum Gasteiger partial charge on any atom is -0.338 e. The van der Waals surface area contributed by atoms with Crippen molar-refractivity contribution in [2.75, 3.05) is 0 Å². The summed E-state index contributed by atoms with van der Waals surface area (Å²) < 4.78 is 12.8. The fraction of sp³-hybridized carbons (Fsp3) is 0.125. The van der Waals surface area contributed by atoms with Crippen molar-refractivity contribution in [1.29, 1.82) is 0 Å². The number of nitrogens with zero attached hydrogens (tertiary/aromatic N) is 2. The van der Waals surface area contributed by atoms with Crippen LogP contribution in [0.2, 0.25) is 0 Å². The zero-order chi connectivity index (χ0) is 14.4. The summed E-state index contributed by atoms with van der Waals surface area (Å²) >= 11 is 0. The predicted molar refractivity (Wildman–Crippen MR) is 78.6 cm³/mol. The summed E-state index contributed by atoms with van der Waals surface area (Å²) in [6.07, 6.45) is 5.23. The molecule has 0 aliphatic heterocycles. The highest BCUT2D eigenvalue weighted by atomic mass is 19.1. The molecule has 102 valence electrons. The molecule has 0 saturated carbocycles. The van der Waals surface area contributed by atoms with Gasteiger partial charge in [-0.1, -0.05) is 13.8 Å². The van der Waals surface area contributed by atoms with Gasteiger partial charge in [0.1, 0.15) is 11.6 Å². The number of rotatable bonds is 2. The highest BCUT2D eigenvalue weighted by Gasteiger charge is 2.05. The van der Waals surface area contributed by atoms with Gasteiger partial charge in [-0.2, -0.15) is 0 Å². The molecule has 0 saturated heterocycles. The molecule has 2 aromatic heterocycles. The van der Waals surface area contributed by atoms with Crippen LogP contribution < -0.4 is 0 Å². The molecule has 0 radical (unpaired) electrons. The molecule has 0 bridgehead atoms. The fourth-order valence-electron chi connectivity index (χ4n) is 1.74. The molecule has 1 aromatic carbocycles. The molecule has 1 N–H and O–H groups in total. The van der Waals surface area contributed by atoms with Crippen molar-refractivity contribution in [3.8, 4) is 22.6 Å². The van der Waals surface area contributed by atoms with Crippen LogP contribution in [0.15, 0.2) is 55.0 Å². The van der Waals surface area contributed by atoms with Gasteiger partial charge in [0.2, 0.25) is 0 Å². The number of imidazole rings is 1. The van der Waals surface area contributed by atoms with Crippen LogP contribution in [0.3, 0.4) is 0 Å². The Morgan fingerprint density at radius 1 is 0.950 bits per heavy atom. The Hall–Kier alpha value is -2.49. The van der Waals surface area contributed by atoms with Crippen molar-refractivity contribution in [3.63, 3.8) is 0 Å². The number of pyridine rings is 1. The standard InChI is InChI=1S/C14H10FN3.C2H6/c15-12-5-3-10(4-6-12)14-17-9-13(18-14)11-2-1-7-16-8-11;1-2/h1-9H,(H,17,18);1-2H3. The zero-order valence-corrected chi connectivity index (χ0v) is 11.5. The number of hydrogen-bond acceptors (Lipinski definition) is 2. The topological polar surface area (TPSA) is 41.6 Å². The number of aromatic nitrogens is 3. The van der Waals surface area contributed by atoms with Crippen LogP contribution in [0.25, 0.3) is 22.6 Å². The van der Waals surface area contributed by atoms with Crippen LogP contribution >= 0.6 is 0 Å². The summed E-state index contributed by atoms with van der Waals surface area (Å²) in [6.45, 7) is 4.00. The maximum Gasteiger partial charge on any atom is 0.137 e. The van der Waals surface area contributed by atoms with Crippen LogP contribution in [0.1, 0.15) is 13.8 Å². The first-order chi connectivity index (χ1) is 9.83. The molecular weight excluding hydrogens is 253 g/mol. The highest BCUT2D eigenvalue weighted by Crippen LogP contribution is 2.21. The number of H-pyrrole nitrogens is 1. The first-order valence-corrected chi connectivity index (χ1v) is 6.54. The fourth-order valence-corrected chi connectivity index (χ4v) is 1.74. The average molecular weight is 269 g/mol. The molecule has 3 nitrogen and oxygen atoms in total.